The molecule has 1 N–H and O–H groups in total. The van der Waals surface area contributed by atoms with Crippen LogP contribution in [0, 0.1) is 5.92 Å². The summed E-state index contributed by atoms with van der Waals surface area (Å²) in [7, 11) is 2.05. The summed E-state index contributed by atoms with van der Waals surface area (Å²) < 4.78 is 0. The summed E-state index contributed by atoms with van der Waals surface area (Å²) in [5.41, 5.74) is 0. The summed E-state index contributed by atoms with van der Waals surface area (Å²) in [6, 6.07) is 0.211. The van der Waals surface area contributed by atoms with Crippen LogP contribution in [0.5, 0.6) is 0 Å². The molecule has 2 unspecified atom stereocenters. The molecule has 96 valence electrons. The molecule has 5 nitrogen and oxygen atoms in total. The molecule has 0 bridgehead atoms. The molecule has 5 heteroatoms. The van der Waals surface area contributed by atoms with Gasteiger partial charge in [-0.1, -0.05) is 0 Å². The molecule has 1 amide bonds. The number of hydrogen-bond donors (Lipinski definition) is 1. The van der Waals surface area contributed by atoms with Gasteiger partial charge in [-0.25, -0.2) is 0 Å². The van der Waals surface area contributed by atoms with Crippen LogP contribution in [-0.2, 0) is 9.59 Å². The Kier molecular flexibility index (Phi) is 3.66. The molecule has 2 aliphatic heterocycles. The molecule has 0 spiro atoms. The van der Waals surface area contributed by atoms with Crippen LogP contribution in [0.2, 0.25) is 0 Å². The number of rotatable bonds is 2. The van der Waals surface area contributed by atoms with E-state index in [4.69, 9.17) is 5.11 Å². The van der Waals surface area contributed by atoms with Crippen LogP contribution in [0.3, 0.4) is 0 Å². The first-order valence-electron chi connectivity index (χ1n) is 6.28. The number of carbonyl (C=O) groups is 2. The van der Waals surface area contributed by atoms with Crippen molar-refractivity contribution in [3.8, 4) is 0 Å². The van der Waals surface area contributed by atoms with E-state index < -0.39 is 5.97 Å². The molecule has 0 saturated carbocycles. The van der Waals surface area contributed by atoms with E-state index in [2.05, 4.69) is 11.9 Å². The molecule has 0 aromatic heterocycles. The molecule has 0 radical (unpaired) electrons. The van der Waals surface area contributed by atoms with Crippen molar-refractivity contribution < 1.29 is 14.7 Å². The molecule has 2 fully saturated rings. The highest BCUT2D eigenvalue weighted by Crippen LogP contribution is 2.23. The average Bonchev–Trinajstić information content (AvgIpc) is 2.29. The third kappa shape index (κ3) is 2.77. The van der Waals surface area contributed by atoms with E-state index in [1.807, 2.05) is 0 Å². The van der Waals surface area contributed by atoms with Crippen molar-refractivity contribution in [1.29, 1.82) is 0 Å². The van der Waals surface area contributed by atoms with Crippen LogP contribution in [0.25, 0.3) is 0 Å². The number of piperidine rings is 2. The van der Waals surface area contributed by atoms with Crippen LogP contribution >= 0.6 is 0 Å². The lowest BCUT2D eigenvalue weighted by Gasteiger charge is -2.41. The molecule has 2 aliphatic rings. The van der Waals surface area contributed by atoms with Gasteiger partial charge < -0.3 is 14.9 Å². The van der Waals surface area contributed by atoms with E-state index in [1.165, 1.54) is 0 Å². The Labute approximate surface area is 101 Å². The molecule has 0 aromatic carbocycles. The smallest absolute Gasteiger partial charge is 0.308 e. The van der Waals surface area contributed by atoms with Crippen LogP contribution < -0.4 is 0 Å². The third-order valence-corrected chi connectivity index (χ3v) is 3.83. The first-order valence-corrected chi connectivity index (χ1v) is 6.28. The number of aliphatic carboxylic acids is 1. The molecule has 2 saturated heterocycles. The minimum Gasteiger partial charge on any atom is -0.481 e. The zero-order valence-corrected chi connectivity index (χ0v) is 10.3. The zero-order valence-electron chi connectivity index (χ0n) is 10.3. The second kappa shape index (κ2) is 5.04. The maximum Gasteiger partial charge on any atom is 0.308 e. The topological polar surface area (TPSA) is 60.9 Å². The second-order valence-electron chi connectivity index (χ2n) is 5.18. The van der Waals surface area contributed by atoms with Gasteiger partial charge >= 0.3 is 5.97 Å². The van der Waals surface area contributed by atoms with Crippen LogP contribution in [0.4, 0.5) is 0 Å². The number of likely N-dealkylation sites (tertiary alicyclic amines) is 2. The lowest BCUT2D eigenvalue weighted by molar-refractivity contribution is -0.149. The first kappa shape index (κ1) is 12.4. The molecule has 0 aromatic rings. The van der Waals surface area contributed by atoms with E-state index in [0.29, 0.717) is 19.4 Å². The van der Waals surface area contributed by atoms with Crippen molar-refractivity contribution in [2.45, 2.75) is 31.7 Å². The number of nitrogens with zero attached hydrogens (tertiary/aromatic N) is 2. The highest BCUT2D eigenvalue weighted by Gasteiger charge is 2.35. The van der Waals surface area contributed by atoms with Crippen molar-refractivity contribution in [2.24, 2.45) is 5.92 Å². The maximum atomic E-state index is 11.9. The SMILES string of the molecule is CN1CCCC(N2CC(C(=O)O)CCC2=O)C1. The molecule has 2 heterocycles. The monoisotopic (exact) mass is 240 g/mol. The first-order chi connectivity index (χ1) is 8.08. The van der Waals surface area contributed by atoms with Crippen molar-refractivity contribution in [2.75, 3.05) is 26.7 Å². The molecule has 2 rings (SSSR count). The van der Waals surface area contributed by atoms with Crippen molar-refractivity contribution in [3.05, 3.63) is 0 Å². The normalized spacial score (nSPS) is 31.6. The Morgan fingerprint density at radius 3 is 2.76 bits per heavy atom. The van der Waals surface area contributed by atoms with Crippen molar-refractivity contribution >= 4 is 11.9 Å². The van der Waals surface area contributed by atoms with Gasteiger partial charge in [-0.2, -0.15) is 0 Å². The number of amides is 1. The molecule has 0 aliphatic carbocycles. The summed E-state index contributed by atoms with van der Waals surface area (Å²) in [6.45, 7) is 2.34. The standard InChI is InChI=1S/C12H20N2O3/c1-13-6-2-3-10(8-13)14-7-9(12(16)17)4-5-11(14)15/h9-10H,2-8H2,1H3,(H,16,17). The highest BCUT2D eigenvalue weighted by atomic mass is 16.4. The van der Waals surface area contributed by atoms with Crippen LogP contribution in [-0.4, -0.2) is 59.5 Å². The summed E-state index contributed by atoms with van der Waals surface area (Å²) in [5, 5.41) is 9.04. The summed E-state index contributed by atoms with van der Waals surface area (Å²) in [4.78, 5) is 26.9. The number of carbonyl (C=O) groups excluding carboxylic acids is 1. The second-order valence-corrected chi connectivity index (χ2v) is 5.18. The molecular weight excluding hydrogens is 220 g/mol. The predicted octanol–water partition coefficient (Wildman–Crippen LogP) is 0.404. The Bertz CT molecular complexity index is 319. The van der Waals surface area contributed by atoms with Gasteiger partial charge in [0.1, 0.15) is 0 Å². The zero-order chi connectivity index (χ0) is 12.4. The number of hydrogen-bond acceptors (Lipinski definition) is 3. The van der Waals surface area contributed by atoms with E-state index >= 15 is 0 Å². The van der Waals surface area contributed by atoms with Gasteiger partial charge in [0, 0.05) is 25.6 Å². The maximum absolute atomic E-state index is 11.9. The van der Waals surface area contributed by atoms with Gasteiger partial charge in [0.15, 0.2) is 0 Å². The van der Waals surface area contributed by atoms with Crippen molar-refractivity contribution in [3.63, 3.8) is 0 Å². The summed E-state index contributed by atoms with van der Waals surface area (Å²) in [6.07, 6.45) is 2.97. The summed E-state index contributed by atoms with van der Waals surface area (Å²) in [5.74, 6) is -1.02. The fraction of sp³-hybridized carbons (Fsp3) is 0.833. The minimum atomic E-state index is -0.772. The van der Waals surface area contributed by atoms with Crippen LogP contribution in [0.15, 0.2) is 0 Å². The molecular formula is C12H20N2O3. The van der Waals surface area contributed by atoms with Gasteiger partial charge in [-0.15, -0.1) is 0 Å². The summed E-state index contributed by atoms with van der Waals surface area (Å²) >= 11 is 0. The third-order valence-electron chi connectivity index (χ3n) is 3.83. The molecule has 17 heavy (non-hydrogen) atoms. The minimum absolute atomic E-state index is 0.128. The average molecular weight is 240 g/mol. The molecule has 2 atom stereocenters. The Morgan fingerprint density at radius 1 is 1.35 bits per heavy atom. The Morgan fingerprint density at radius 2 is 2.12 bits per heavy atom. The Hall–Kier alpha value is -1.10. The van der Waals surface area contributed by atoms with E-state index in [0.717, 1.165) is 25.9 Å². The lowest BCUT2D eigenvalue weighted by atomic mass is 9.94. The van der Waals surface area contributed by atoms with E-state index in [-0.39, 0.29) is 17.9 Å². The highest BCUT2D eigenvalue weighted by molar-refractivity contribution is 5.80. The van der Waals surface area contributed by atoms with Crippen molar-refractivity contribution in [1.82, 2.24) is 9.80 Å². The lowest BCUT2D eigenvalue weighted by Crippen LogP contribution is -2.53. The predicted molar refractivity (Wildman–Crippen MR) is 62.6 cm³/mol. The number of carboxylic acid groups (broad SMARTS) is 1. The van der Waals surface area contributed by atoms with Gasteiger partial charge in [0.05, 0.1) is 5.92 Å². The van der Waals surface area contributed by atoms with E-state index in [1.54, 1.807) is 4.90 Å². The van der Waals surface area contributed by atoms with Gasteiger partial charge in [-0.3, -0.25) is 9.59 Å². The fourth-order valence-corrected chi connectivity index (χ4v) is 2.82. The van der Waals surface area contributed by atoms with E-state index in [9.17, 15) is 9.59 Å². The van der Waals surface area contributed by atoms with Gasteiger partial charge in [0.2, 0.25) is 5.91 Å². The Balaban J connectivity index is 2.01. The number of likely N-dealkylation sites (N-methyl/N-ethyl adjacent to an activating group) is 1. The number of carboxylic acids is 1. The largest absolute Gasteiger partial charge is 0.481 e. The van der Waals surface area contributed by atoms with Gasteiger partial charge in [-0.05, 0) is 32.9 Å². The van der Waals surface area contributed by atoms with Crippen LogP contribution in [0.1, 0.15) is 25.7 Å². The quantitative estimate of drug-likeness (QED) is 0.759. The van der Waals surface area contributed by atoms with Gasteiger partial charge in [0.25, 0.3) is 0 Å². The fourth-order valence-electron chi connectivity index (χ4n) is 2.82.